The first-order valence-electron chi connectivity index (χ1n) is 5.57. The Morgan fingerprint density at radius 1 is 1.59 bits per heavy atom. The number of pyridine rings is 1. The van der Waals surface area contributed by atoms with E-state index in [9.17, 15) is 0 Å². The van der Waals surface area contributed by atoms with E-state index in [0.29, 0.717) is 18.1 Å². The van der Waals surface area contributed by atoms with Gasteiger partial charge in [0.1, 0.15) is 5.82 Å². The molecule has 1 atom stereocenters. The number of nitrogen functional groups attached to an aromatic ring is 1. The molecule has 0 spiro atoms. The molecule has 1 heterocycles. The van der Waals surface area contributed by atoms with E-state index in [-0.39, 0.29) is 5.92 Å². The minimum absolute atomic E-state index is 0.0414. The van der Waals surface area contributed by atoms with E-state index in [1.54, 1.807) is 6.07 Å². The van der Waals surface area contributed by atoms with Crippen molar-refractivity contribution in [3.8, 4) is 11.9 Å². The Kier molecular flexibility index (Phi) is 4.58. The van der Waals surface area contributed by atoms with Gasteiger partial charge < -0.3 is 15.4 Å². The maximum atomic E-state index is 8.83. The summed E-state index contributed by atoms with van der Waals surface area (Å²) >= 11 is 0. The van der Waals surface area contributed by atoms with Crippen LogP contribution in [0.4, 0.5) is 11.5 Å². The first-order chi connectivity index (χ1) is 8.12. The molecule has 1 aromatic rings. The molecule has 0 aliphatic heterocycles. The lowest BCUT2D eigenvalue weighted by Gasteiger charge is -2.23. The normalized spacial score (nSPS) is 11.6. The zero-order valence-electron chi connectivity index (χ0n) is 10.5. The summed E-state index contributed by atoms with van der Waals surface area (Å²) in [6.07, 6.45) is 0. The standard InChI is InChI=1S/C12H18N4O/c1-4-16(8-9(2)7-13)11-6-5-10(14)12(15-11)17-3/h5-6,9H,4,8,14H2,1-3H3. The third-order valence-electron chi connectivity index (χ3n) is 2.49. The Hall–Kier alpha value is -1.96. The Morgan fingerprint density at radius 2 is 2.29 bits per heavy atom. The van der Waals surface area contributed by atoms with E-state index < -0.39 is 0 Å². The van der Waals surface area contributed by atoms with Crippen molar-refractivity contribution in [3.05, 3.63) is 12.1 Å². The third-order valence-corrected chi connectivity index (χ3v) is 2.49. The first kappa shape index (κ1) is 13.1. The van der Waals surface area contributed by atoms with Gasteiger partial charge in [-0.1, -0.05) is 0 Å². The Labute approximate surface area is 102 Å². The molecule has 0 saturated heterocycles. The second kappa shape index (κ2) is 5.94. The van der Waals surface area contributed by atoms with E-state index in [4.69, 9.17) is 15.7 Å². The van der Waals surface area contributed by atoms with Gasteiger partial charge in [-0.05, 0) is 26.0 Å². The number of methoxy groups -OCH3 is 1. The lowest BCUT2D eigenvalue weighted by molar-refractivity contribution is 0.400. The van der Waals surface area contributed by atoms with Gasteiger partial charge in [-0.2, -0.15) is 10.2 Å². The molecule has 0 radical (unpaired) electrons. The number of nitrogens with two attached hydrogens (primary N) is 1. The molecule has 1 unspecified atom stereocenters. The highest BCUT2D eigenvalue weighted by Gasteiger charge is 2.12. The molecular formula is C12H18N4O. The SMILES string of the molecule is CCN(CC(C)C#N)c1ccc(N)c(OC)n1. The van der Waals surface area contributed by atoms with Crippen LogP contribution in [0.1, 0.15) is 13.8 Å². The largest absolute Gasteiger partial charge is 0.479 e. The van der Waals surface area contributed by atoms with E-state index >= 15 is 0 Å². The fourth-order valence-electron chi connectivity index (χ4n) is 1.54. The van der Waals surface area contributed by atoms with Crippen LogP contribution in [0.25, 0.3) is 0 Å². The number of hydrogen-bond acceptors (Lipinski definition) is 5. The van der Waals surface area contributed by atoms with Gasteiger partial charge in [0.05, 0.1) is 24.8 Å². The number of anilines is 2. The second-order valence-corrected chi connectivity index (χ2v) is 3.84. The number of nitrogens with zero attached hydrogens (tertiary/aromatic N) is 3. The predicted octanol–water partition coefficient (Wildman–Crippen LogP) is 1.66. The Bertz CT molecular complexity index is 413. The van der Waals surface area contributed by atoms with Crippen molar-refractivity contribution in [2.45, 2.75) is 13.8 Å². The van der Waals surface area contributed by atoms with Crippen LogP contribution in [0.3, 0.4) is 0 Å². The molecule has 1 aromatic heterocycles. The van der Waals surface area contributed by atoms with Crippen molar-refractivity contribution in [3.63, 3.8) is 0 Å². The number of hydrogen-bond donors (Lipinski definition) is 1. The van der Waals surface area contributed by atoms with Crippen LogP contribution in [0.2, 0.25) is 0 Å². The van der Waals surface area contributed by atoms with Crippen molar-refractivity contribution in [1.29, 1.82) is 5.26 Å². The van der Waals surface area contributed by atoms with Gasteiger partial charge >= 0.3 is 0 Å². The van der Waals surface area contributed by atoms with Crippen molar-refractivity contribution in [1.82, 2.24) is 4.98 Å². The Morgan fingerprint density at radius 3 is 2.82 bits per heavy atom. The topological polar surface area (TPSA) is 75.2 Å². The molecule has 0 aliphatic rings. The highest BCUT2D eigenvalue weighted by molar-refractivity contribution is 5.54. The lowest BCUT2D eigenvalue weighted by Crippen LogP contribution is -2.28. The third kappa shape index (κ3) is 3.25. The molecule has 1 rings (SSSR count). The van der Waals surface area contributed by atoms with Crippen LogP contribution in [0.15, 0.2) is 12.1 Å². The van der Waals surface area contributed by atoms with Gasteiger partial charge in [-0.3, -0.25) is 0 Å². The van der Waals surface area contributed by atoms with Crippen LogP contribution >= 0.6 is 0 Å². The minimum Gasteiger partial charge on any atom is -0.479 e. The monoisotopic (exact) mass is 234 g/mol. The molecule has 2 N–H and O–H groups in total. The molecule has 0 fully saturated rings. The predicted molar refractivity (Wildman–Crippen MR) is 67.9 cm³/mol. The van der Waals surface area contributed by atoms with Crippen LogP contribution < -0.4 is 15.4 Å². The fraction of sp³-hybridized carbons (Fsp3) is 0.500. The van der Waals surface area contributed by atoms with E-state index in [0.717, 1.165) is 12.4 Å². The molecule has 0 aliphatic carbocycles. The molecule has 0 bridgehead atoms. The highest BCUT2D eigenvalue weighted by atomic mass is 16.5. The molecule has 0 saturated carbocycles. The quantitative estimate of drug-likeness (QED) is 0.838. The summed E-state index contributed by atoms with van der Waals surface area (Å²) in [4.78, 5) is 6.34. The van der Waals surface area contributed by atoms with E-state index in [1.165, 1.54) is 7.11 Å². The van der Waals surface area contributed by atoms with Crippen LogP contribution in [0.5, 0.6) is 5.88 Å². The number of rotatable bonds is 5. The fourth-order valence-corrected chi connectivity index (χ4v) is 1.54. The Balaban J connectivity index is 2.92. The molecule has 92 valence electrons. The maximum Gasteiger partial charge on any atom is 0.238 e. The van der Waals surface area contributed by atoms with Crippen molar-refractivity contribution in [2.75, 3.05) is 30.8 Å². The zero-order valence-corrected chi connectivity index (χ0v) is 10.5. The summed E-state index contributed by atoms with van der Waals surface area (Å²) < 4.78 is 5.08. The zero-order chi connectivity index (χ0) is 12.8. The molecule has 17 heavy (non-hydrogen) atoms. The van der Waals surface area contributed by atoms with E-state index in [2.05, 4.69) is 11.1 Å². The number of nitriles is 1. The van der Waals surface area contributed by atoms with E-state index in [1.807, 2.05) is 24.8 Å². The molecule has 0 aromatic carbocycles. The summed E-state index contributed by atoms with van der Waals surface area (Å²) in [5.74, 6) is 1.16. The smallest absolute Gasteiger partial charge is 0.238 e. The van der Waals surface area contributed by atoms with Crippen molar-refractivity contribution in [2.24, 2.45) is 5.92 Å². The highest BCUT2D eigenvalue weighted by Crippen LogP contribution is 2.23. The van der Waals surface area contributed by atoms with Gasteiger partial charge in [0.2, 0.25) is 5.88 Å². The molecule has 5 nitrogen and oxygen atoms in total. The van der Waals surface area contributed by atoms with Crippen molar-refractivity contribution < 1.29 is 4.74 Å². The summed E-state index contributed by atoms with van der Waals surface area (Å²) in [5.41, 5.74) is 6.23. The van der Waals surface area contributed by atoms with Gasteiger partial charge in [0.25, 0.3) is 0 Å². The molecule has 5 heteroatoms. The average Bonchev–Trinajstić information content (AvgIpc) is 2.36. The van der Waals surface area contributed by atoms with Gasteiger partial charge in [0.15, 0.2) is 0 Å². The number of aromatic nitrogens is 1. The van der Waals surface area contributed by atoms with Gasteiger partial charge in [-0.25, -0.2) is 0 Å². The molecule has 0 amide bonds. The van der Waals surface area contributed by atoms with Crippen LogP contribution in [-0.2, 0) is 0 Å². The van der Waals surface area contributed by atoms with Crippen molar-refractivity contribution >= 4 is 11.5 Å². The number of ether oxygens (including phenoxy) is 1. The minimum atomic E-state index is -0.0414. The average molecular weight is 234 g/mol. The van der Waals surface area contributed by atoms with Crippen LogP contribution in [-0.4, -0.2) is 25.2 Å². The summed E-state index contributed by atoms with van der Waals surface area (Å²) in [6.45, 7) is 5.34. The summed E-state index contributed by atoms with van der Waals surface area (Å²) in [5, 5.41) is 8.83. The van der Waals surface area contributed by atoms with Gasteiger partial charge in [0, 0.05) is 13.1 Å². The summed E-state index contributed by atoms with van der Waals surface area (Å²) in [7, 11) is 1.54. The lowest BCUT2D eigenvalue weighted by atomic mass is 10.2. The van der Waals surface area contributed by atoms with Gasteiger partial charge in [-0.15, -0.1) is 0 Å². The second-order valence-electron chi connectivity index (χ2n) is 3.84. The first-order valence-corrected chi connectivity index (χ1v) is 5.57. The maximum absolute atomic E-state index is 8.83. The van der Waals surface area contributed by atoms with Crippen LogP contribution in [0, 0.1) is 17.2 Å². The summed E-state index contributed by atoms with van der Waals surface area (Å²) in [6, 6.07) is 5.82. The molecular weight excluding hydrogens is 216 g/mol.